The molecule has 0 saturated carbocycles. The average Bonchev–Trinajstić information content (AvgIpc) is 2.67. The second kappa shape index (κ2) is 10.9. The number of rotatable bonds is 0. The van der Waals surface area contributed by atoms with E-state index in [9.17, 15) is 0 Å². The van der Waals surface area contributed by atoms with Gasteiger partial charge in [-0.3, -0.25) is 12.2 Å². The van der Waals surface area contributed by atoms with Gasteiger partial charge in [0.1, 0.15) is 0 Å². The fourth-order valence-corrected chi connectivity index (χ4v) is 0.680. The summed E-state index contributed by atoms with van der Waals surface area (Å²) in [5, 5.41) is 0. The standard InChI is InChI=1S/2C5H5.ClH.Mo/c2*1-2-4-5-3-1;;/h2*1-3H,4H2;1H;/q2*-1;;+2. The van der Waals surface area contributed by atoms with E-state index in [-0.39, 0.29) is 33.5 Å². The molecule has 2 heteroatoms. The van der Waals surface area contributed by atoms with Crippen molar-refractivity contribution in [2.75, 3.05) is 0 Å². The Labute approximate surface area is 94.8 Å². The van der Waals surface area contributed by atoms with Gasteiger partial charge in [0.2, 0.25) is 0 Å². The molecule has 2 aliphatic carbocycles. The predicted molar refractivity (Wildman–Crippen MR) is 50.4 cm³/mol. The van der Waals surface area contributed by atoms with Gasteiger partial charge in [0.05, 0.1) is 0 Å². The van der Waals surface area contributed by atoms with E-state index in [1.54, 1.807) is 0 Å². The van der Waals surface area contributed by atoms with E-state index in [0.717, 1.165) is 12.8 Å². The molecule has 0 bridgehead atoms. The van der Waals surface area contributed by atoms with E-state index in [4.69, 9.17) is 0 Å². The smallest absolute Gasteiger partial charge is 0.273 e. The maximum atomic E-state index is 2.99. The van der Waals surface area contributed by atoms with E-state index in [2.05, 4.69) is 24.3 Å². The van der Waals surface area contributed by atoms with Crippen molar-refractivity contribution in [2.24, 2.45) is 0 Å². The van der Waals surface area contributed by atoms with E-state index in [1.807, 2.05) is 24.3 Å². The van der Waals surface area contributed by atoms with Crippen molar-refractivity contribution in [3.63, 3.8) is 0 Å². The van der Waals surface area contributed by atoms with Crippen molar-refractivity contribution < 1.29 is 21.1 Å². The van der Waals surface area contributed by atoms with E-state index in [1.165, 1.54) is 0 Å². The van der Waals surface area contributed by atoms with Gasteiger partial charge in [-0.05, 0) is 0 Å². The molecule has 0 aromatic carbocycles. The van der Waals surface area contributed by atoms with E-state index < -0.39 is 0 Å². The third kappa shape index (κ3) is 8.04. The second-order valence-corrected chi connectivity index (χ2v) is 2.01. The van der Waals surface area contributed by atoms with Crippen LogP contribution >= 0.6 is 12.4 Å². The van der Waals surface area contributed by atoms with Gasteiger partial charge in [0.15, 0.2) is 0 Å². The Hall–Kier alpha value is -0.0617. The minimum Gasteiger partial charge on any atom is -0.273 e. The molecule has 0 nitrogen and oxygen atoms in total. The van der Waals surface area contributed by atoms with Gasteiger partial charge >= 0.3 is 21.1 Å². The van der Waals surface area contributed by atoms with Crippen molar-refractivity contribution in [3.8, 4) is 0 Å². The third-order valence-electron chi connectivity index (χ3n) is 1.17. The summed E-state index contributed by atoms with van der Waals surface area (Å²) in [6.45, 7) is 0. The third-order valence-corrected chi connectivity index (χ3v) is 1.17. The number of hydrogen-bond acceptors (Lipinski definition) is 0. The summed E-state index contributed by atoms with van der Waals surface area (Å²) in [6.07, 6.45) is 20.0. The first-order valence-corrected chi connectivity index (χ1v) is 3.43. The largest absolute Gasteiger partial charge is 2.00 e. The van der Waals surface area contributed by atoms with Crippen LogP contribution in [0.15, 0.2) is 36.5 Å². The molecule has 0 unspecified atom stereocenters. The molecule has 0 aromatic rings. The number of hydrogen-bond donors (Lipinski definition) is 0. The van der Waals surface area contributed by atoms with Crippen LogP contribution in [0.4, 0.5) is 0 Å². The van der Waals surface area contributed by atoms with Crippen LogP contribution in [0.5, 0.6) is 0 Å². The van der Waals surface area contributed by atoms with Gasteiger partial charge in [-0.15, -0.1) is 25.2 Å². The predicted octanol–water partition coefficient (Wildman–Crippen LogP) is 3.03. The monoisotopic (exact) mass is 264 g/mol. The maximum absolute atomic E-state index is 2.99. The number of allylic oxidation sites excluding steroid dienone is 8. The van der Waals surface area contributed by atoms with Gasteiger partial charge in [-0.2, -0.15) is 12.2 Å². The molecule has 0 aliphatic heterocycles. The molecule has 64 valence electrons. The quantitative estimate of drug-likeness (QED) is 0.465. The van der Waals surface area contributed by atoms with Crippen molar-refractivity contribution in [2.45, 2.75) is 12.8 Å². The zero-order valence-electron chi connectivity index (χ0n) is 6.69. The van der Waals surface area contributed by atoms with Gasteiger partial charge in [-0.25, -0.2) is 24.3 Å². The summed E-state index contributed by atoms with van der Waals surface area (Å²) in [5.74, 6) is 0. The fourth-order valence-electron chi connectivity index (χ4n) is 0.680. The van der Waals surface area contributed by atoms with Crippen LogP contribution in [0.1, 0.15) is 12.8 Å². The molecule has 12 heavy (non-hydrogen) atoms. The van der Waals surface area contributed by atoms with Crippen LogP contribution in [-0.4, -0.2) is 0 Å². The van der Waals surface area contributed by atoms with Crippen LogP contribution in [0.25, 0.3) is 0 Å². The molecule has 2 rings (SSSR count). The first kappa shape index (κ1) is 14.5. The Morgan fingerprint density at radius 2 is 1.25 bits per heavy atom. The van der Waals surface area contributed by atoms with Crippen LogP contribution in [0, 0.1) is 12.2 Å². The summed E-state index contributed by atoms with van der Waals surface area (Å²) in [6, 6.07) is 0. The van der Waals surface area contributed by atoms with Gasteiger partial charge in [-0.1, -0.05) is 0 Å². The summed E-state index contributed by atoms with van der Waals surface area (Å²) in [7, 11) is 0. The Morgan fingerprint density at radius 3 is 1.33 bits per heavy atom. The Morgan fingerprint density at radius 1 is 0.833 bits per heavy atom. The summed E-state index contributed by atoms with van der Waals surface area (Å²) in [4.78, 5) is 0. The molecule has 0 saturated heterocycles. The molecular formula is C10H11ClMo. The zero-order valence-corrected chi connectivity index (χ0v) is 9.52. The zero-order chi connectivity index (χ0) is 7.07. The topological polar surface area (TPSA) is 0 Å². The normalized spacial score (nSPS) is 14.7. The summed E-state index contributed by atoms with van der Waals surface area (Å²) in [5.41, 5.74) is 0. The molecule has 0 N–H and O–H groups in total. The Balaban J connectivity index is 0. The second-order valence-electron chi connectivity index (χ2n) is 2.01. The summed E-state index contributed by atoms with van der Waals surface area (Å²) < 4.78 is 0. The molecular weight excluding hydrogens is 252 g/mol. The molecule has 0 heterocycles. The average molecular weight is 263 g/mol. The Kier molecular flexibility index (Phi) is 13.2. The molecule has 0 atom stereocenters. The molecule has 0 radical (unpaired) electrons. The molecule has 0 spiro atoms. The van der Waals surface area contributed by atoms with Crippen LogP contribution in [0.2, 0.25) is 0 Å². The molecule has 0 aromatic heterocycles. The minimum absolute atomic E-state index is 0. The van der Waals surface area contributed by atoms with Gasteiger partial charge in [0, 0.05) is 0 Å². The van der Waals surface area contributed by atoms with Crippen molar-refractivity contribution >= 4 is 12.4 Å². The molecule has 2 aliphatic rings. The van der Waals surface area contributed by atoms with Gasteiger partial charge in [0.25, 0.3) is 0 Å². The fraction of sp³-hybridized carbons (Fsp3) is 0.200. The molecule has 0 fully saturated rings. The Bertz CT molecular complexity index is 148. The van der Waals surface area contributed by atoms with Crippen LogP contribution in [-0.2, 0) is 21.1 Å². The van der Waals surface area contributed by atoms with Gasteiger partial charge < -0.3 is 0 Å². The minimum atomic E-state index is 0. The van der Waals surface area contributed by atoms with Crippen molar-refractivity contribution in [1.29, 1.82) is 0 Å². The maximum Gasteiger partial charge on any atom is 2.00 e. The van der Waals surface area contributed by atoms with E-state index >= 15 is 0 Å². The molecule has 0 amide bonds. The van der Waals surface area contributed by atoms with Crippen molar-refractivity contribution in [3.05, 3.63) is 48.6 Å². The SMILES string of the molecule is Cl.[C-]1=CC=CC1.[C-]1=CC=CC1.[Mo+2]. The van der Waals surface area contributed by atoms with E-state index in [0.29, 0.717) is 0 Å². The van der Waals surface area contributed by atoms with Crippen molar-refractivity contribution in [1.82, 2.24) is 0 Å². The first-order valence-electron chi connectivity index (χ1n) is 3.43. The first-order chi connectivity index (χ1) is 5.00. The van der Waals surface area contributed by atoms with Crippen LogP contribution in [0.3, 0.4) is 0 Å². The number of halogens is 1. The summed E-state index contributed by atoms with van der Waals surface area (Å²) >= 11 is 0. The van der Waals surface area contributed by atoms with Crippen LogP contribution < -0.4 is 0 Å².